The first kappa shape index (κ1) is 17.4. The van der Waals surface area contributed by atoms with E-state index in [4.69, 9.17) is 4.74 Å². The predicted octanol–water partition coefficient (Wildman–Crippen LogP) is 3.00. The quantitative estimate of drug-likeness (QED) is 0.816. The molecule has 1 saturated heterocycles. The average Bonchev–Trinajstić information content (AvgIpc) is 3.42. The van der Waals surface area contributed by atoms with Crippen molar-refractivity contribution < 1.29 is 23.1 Å². The number of aliphatic carboxylic acids is 1. The second-order valence-electron chi connectivity index (χ2n) is 6.84. The summed E-state index contributed by atoms with van der Waals surface area (Å²) < 4.78 is 29.8. The van der Waals surface area contributed by atoms with Gasteiger partial charge >= 0.3 is 5.97 Å². The summed E-state index contributed by atoms with van der Waals surface area (Å²) in [4.78, 5) is 11.9. The first-order valence-electron chi connectivity index (χ1n) is 8.63. The summed E-state index contributed by atoms with van der Waals surface area (Å²) in [5.74, 6) is -0.902. The second-order valence-corrected chi connectivity index (χ2v) is 9.07. The van der Waals surface area contributed by atoms with E-state index in [-0.39, 0.29) is 5.25 Å². The lowest BCUT2D eigenvalue weighted by Crippen LogP contribution is -2.18. The van der Waals surface area contributed by atoms with Crippen molar-refractivity contribution >= 4 is 15.8 Å². The molecule has 2 aliphatic rings. The van der Waals surface area contributed by atoms with E-state index in [1.54, 1.807) is 24.3 Å². The number of carboxylic acid groups (broad SMARTS) is 1. The molecule has 3 rings (SSSR count). The van der Waals surface area contributed by atoms with Crippen LogP contribution in [0.4, 0.5) is 0 Å². The molecule has 0 unspecified atom stereocenters. The number of carbonyl (C=O) groups is 1. The maximum atomic E-state index is 12.2. The van der Waals surface area contributed by atoms with Crippen molar-refractivity contribution in [3.63, 3.8) is 0 Å². The van der Waals surface area contributed by atoms with Crippen LogP contribution in [0.5, 0.6) is 0 Å². The molecule has 1 aromatic carbocycles. The van der Waals surface area contributed by atoms with Crippen LogP contribution in [-0.4, -0.2) is 38.0 Å². The summed E-state index contributed by atoms with van der Waals surface area (Å²) in [6.45, 7) is 1.52. The molecule has 132 valence electrons. The molecular weight excluding hydrogens is 328 g/mol. The first-order valence-corrected chi connectivity index (χ1v) is 10.2. The third-order valence-electron chi connectivity index (χ3n) is 5.08. The molecule has 1 N–H and O–H groups in total. The third-order valence-corrected chi connectivity index (χ3v) is 7.36. The summed E-state index contributed by atoms with van der Waals surface area (Å²) in [7, 11) is -3.22. The second kappa shape index (κ2) is 7.23. The van der Waals surface area contributed by atoms with E-state index >= 15 is 0 Å². The van der Waals surface area contributed by atoms with E-state index in [9.17, 15) is 18.3 Å². The van der Waals surface area contributed by atoms with Gasteiger partial charge in [0.1, 0.15) is 0 Å². The Morgan fingerprint density at radius 1 is 1.12 bits per heavy atom. The normalized spacial score (nSPS) is 20.7. The van der Waals surface area contributed by atoms with Crippen LogP contribution < -0.4 is 0 Å². The van der Waals surface area contributed by atoms with Crippen LogP contribution in [0.1, 0.15) is 50.0 Å². The molecule has 1 heterocycles. The number of hydrogen-bond donors (Lipinski definition) is 1. The Balaban J connectivity index is 1.68. The van der Waals surface area contributed by atoms with Crippen LogP contribution in [0.25, 0.3) is 0 Å². The first-order chi connectivity index (χ1) is 11.5. The number of hydrogen-bond acceptors (Lipinski definition) is 4. The van der Waals surface area contributed by atoms with E-state index < -0.39 is 21.7 Å². The number of benzene rings is 1. The molecule has 0 radical (unpaired) electrons. The van der Waals surface area contributed by atoms with Crippen LogP contribution >= 0.6 is 0 Å². The summed E-state index contributed by atoms with van der Waals surface area (Å²) in [5, 5.41) is 9.30. The summed E-state index contributed by atoms with van der Waals surface area (Å²) in [6.07, 6.45) is 4.88. The van der Waals surface area contributed by atoms with Crippen molar-refractivity contribution in [1.82, 2.24) is 0 Å². The van der Waals surface area contributed by atoms with Crippen molar-refractivity contribution in [2.75, 3.05) is 13.2 Å². The monoisotopic (exact) mass is 352 g/mol. The number of sulfone groups is 1. The van der Waals surface area contributed by atoms with Gasteiger partial charge in [-0.05, 0) is 62.1 Å². The fraction of sp³-hybridized carbons (Fsp3) is 0.611. The molecule has 2 fully saturated rings. The van der Waals surface area contributed by atoms with E-state index in [1.165, 1.54) is 0 Å². The lowest BCUT2D eigenvalue weighted by Gasteiger charge is -2.23. The minimum atomic E-state index is -3.22. The van der Waals surface area contributed by atoms with Crippen molar-refractivity contribution in [1.29, 1.82) is 0 Å². The highest BCUT2D eigenvalue weighted by molar-refractivity contribution is 7.92. The number of ether oxygens (including phenoxy) is 1. The van der Waals surface area contributed by atoms with Crippen molar-refractivity contribution in [3.8, 4) is 0 Å². The lowest BCUT2D eigenvalue weighted by molar-refractivity contribution is -0.139. The lowest BCUT2D eigenvalue weighted by atomic mass is 9.87. The van der Waals surface area contributed by atoms with Gasteiger partial charge in [-0.3, -0.25) is 4.79 Å². The molecule has 24 heavy (non-hydrogen) atoms. The van der Waals surface area contributed by atoms with Crippen molar-refractivity contribution in [2.24, 2.45) is 5.92 Å². The topological polar surface area (TPSA) is 80.7 Å². The van der Waals surface area contributed by atoms with Crippen LogP contribution in [-0.2, 0) is 19.4 Å². The Bertz CT molecular complexity index is 670. The number of rotatable bonds is 7. The smallest absolute Gasteiger partial charge is 0.310 e. The molecule has 0 amide bonds. The highest BCUT2D eigenvalue weighted by Gasteiger charge is 2.36. The van der Waals surface area contributed by atoms with Gasteiger partial charge in [0.05, 0.1) is 16.1 Å². The van der Waals surface area contributed by atoms with Crippen molar-refractivity contribution in [3.05, 3.63) is 29.8 Å². The van der Waals surface area contributed by atoms with E-state index in [0.29, 0.717) is 22.8 Å². The standard InChI is InChI=1S/C18H24O5S/c19-18(20)17(8-1-13-9-11-23-12-10-13)14-2-4-15(5-3-14)24(21,22)16-6-7-16/h2-5,13,16-17H,1,6-12H2,(H,19,20)/t17-/m1/s1. The zero-order valence-electron chi connectivity index (χ0n) is 13.7. The Kier molecular flexibility index (Phi) is 5.25. The fourth-order valence-corrected chi connectivity index (χ4v) is 4.99. The molecule has 6 heteroatoms. The Hall–Kier alpha value is -1.40. The maximum absolute atomic E-state index is 12.2. The van der Waals surface area contributed by atoms with E-state index in [0.717, 1.165) is 45.3 Å². The third kappa shape index (κ3) is 3.98. The molecule has 0 spiro atoms. The molecule has 0 bridgehead atoms. The number of carboxylic acids is 1. The van der Waals surface area contributed by atoms with Gasteiger partial charge in [0, 0.05) is 13.2 Å². The Morgan fingerprint density at radius 3 is 2.29 bits per heavy atom. The van der Waals surface area contributed by atoms with Crippen LogP contribution in [0.2, 0.25) is 0 Å². The zero-order valence-corrected chi connectivity index (χ0v) is 14.5. The van der Waals surface area contributed by atoms with E-state index in [2.05, 4.69) is 0 Å². The van der Waals surface area contributed by atoms with Crippen LogP contribution in [0.3, 0.4) is 0 Å². The highest BCUT2D eigenvalue weighted by atomic mass is 32.2. The molecule has 1 aliphatic heterocycles. The van der Waals surface area contributed by atoms with Crippen molar-refractivity contribution in [2.45, 2.75) is 54.6 Å². The molecule has 0 aromatic heterocycles. The molecule has 5 nitrogen and oxygen atoms in total. The SMILES string of the molecule is O=C(O)[C@H](CCC1CCOCC1)c1ccc(S(=O)(=O)C2CC2)cc1. The van der Waals surface area contributed by atoms with Crippen LogP contribution in [0, 0.1) is 5.92 Å². The fourth-order valence-electron chi connectivity index (χ4n) is 3.33. The van der Waals surface area contributed by atoms with Crippen LogP contribution in [0.15, 0.2) is 29.2 Å². The molecule has 1 atom stereocenters. The van der Waals surface area contributed by atoms with Gasteiger partial charge in [-0.25, -0.2) is 8.42 Å². The zero-order chi connectivity index (χ0) is 17.2. The highest BCUT2D eigenvalue weighted by Crippen LogP contribution is 2.34. The molecule has 1 aliphatic carbocycles. The minimum absolute atomic E-state index is 0.243. The van der Waals surface area contributed by atoms with Gasteiger partial charge in [0.2, 0.25) is 0 Å². The van der Waals surface area contributed by atoms with E-state index in [1.807, 2.05) is 0 Å². The summed E-state index contributed by atoms with van der Waals surface area (Å²) in [6, 6.07) is 6.46. The summed E-state index contributed by atoms with van der Waals surface area (Å²) >= 11 is 0. The molecule has 1 aromatic rings. The Labute approximate surface area is 142 Å². The average molecular weight is 352 g/mol. The van der Waals surface area contributed by atoms with Gasteiger partial charge in [0.15, 0.2) is 9.84 Å². The Morgan fingerprint density at radius 2 is 1.75 bits per heavy atom. The van der Waals surface area contributed by atoms with Gasteiger partial charge in [-0.15, -0.1) is 0 Å². The predicted molar refractivity (Wildman–Crippen MR) is 89.8 cm³/mol. The largest absolute Gasteiger partial charge is 0.481 e. The van der Waals surface area contributed by atoms with Gasteiger partial charge in [-0.1, -0.05) is 12.1 Å². The molecule has 1 saturated carbocycles. The maximum Gasteiger partial charge on any atom is 0.310 e. The molecular formula is C18H24O5S. The minimum Gasteiger partial charge on any atom is -0.481 e. The summed E-state index contributed by atoms with van der Waals surface area (Å²) in [5.41, 5.74) is 0.685. The van der Waals surface area contributed by atoms with Gasteiger partial charge < -0.3 is 9.84 Å². The van der Waals surface area contributed by atoms with Gasteiger partial charge in [0.25, 0.3) is 0 Å². The van der Waals surface area contributed by atoms with Gasteiger partial charge in [-0.2, -0.15) is 0 Å².